The molecule has 0 bridgehead atoms. The third-order valence-electron chi connectivity index (χ3n) is 4.59. The lowest BCUT2D eigenvalue weighted by Crippen LogP contribution is -2.36. The van der Waals surface area contributed by atoms with Gasteiger partial charge in [-0.05, 0) is 24.3 Å². The Morgan fingerprint density at radius 3 is 2.90 bits per heavy atom. The van der Waals surface area contributed by atoms with Gasteiger partial charge in [0.05, 0.1) is 6.42 Å². The van der Waals surface area contributed by atoms with Crippen molar-refractivity contribution in [2.45, 2.75) is 12.5 Å². The fourth-order valence-corrected chi connectivity index (χ4v) is 3.23. The van der Waals surface area contributed by atoms with Crippen LogP contribution >= 0.6 is 0 Å². The molecule has 0 radical (unpaired) electrons. The first-order valence-corrected chi connectivity index (χ1v) is 9.05. The van der Waals surface area contributed by atoms with Crippen LogP contribution in [0.25, 0.3) is 11.4 Å². The maximum atomic E-state index is 12.9. The molecule has 5 rings (SSSR count). The number of amides is 2. The van der Waals surface area contributed by atoms with Crippen molar-refractivity contribution in [1.29, 1.82) is 0 Å². The molecule has 1 aromatic carbocycles. The summed E-state index contributed by atoms with van der Waals surface area (Å²) in [7, 11) is 0. The van der Waals surface area contributed by atoms with Gasteiger partial charge >= 0.3 is 0 Å². The van der Waals surface area contributed by atoms with Gasteiger partial charge in [0.25, 0.3) is 0 Å². The van der Waals surface area contributed by atoms with Crippen LogP contribution in [0, 0.1) is 0 Å². The number of rotatable bonds is 3. The van der Waals surface area contributed by atoms with Crippen LogP contribution in [-0.4, -0.2) is 44.8 Å². The van der Waals surface area contributed by atoms with E-state index in [2.05, 4.69) is 25.7 Å². The van der Waals surface area contributed by atoms with E-state index in [0.717, 1.165) is 0 Å². The van der Waals surface area contributed by atoms with E-state index in [1.54, 1.807) is 42.7 Å². The zero-order valence-electron chi connectivity index (χ0n) is 15.2. The number of benzene rings is 1. The lowest BCUT2D eigenvalue weighted by atomic mass is 10.1. The van der Waals surface area contributed by atoms with E-state index in [4.69, 9.17) is 9.47 Å². The summed E-state index contributed by atoms with van der Waals surface area (Å²) >= 11 is 0. The Morgan fingerprint density at radius 1 is 1.21 bits per heavy atom. The first-order valence-electron chi connectivity index (χ1n) is 9.05. The molecule has 4 heterocycles. The molecule has 2 aromatic heterocycles. The average Bonchev–Trinajstić information content (AvgIpc) is 3.17. The molecule has 0 fully saturated rings. The number of carbonyl (C=O) groups excluding carboxylic acids is 2. The zero-order valence-corrected chi connectivity index (χ0v) is 15.2. The molecule has 29 heavy (non-hydrogen) atoms. The lowest BCUT2D eigenvalue weighted by molar-refractivity contribution is -0.125. The summed E-state index contributed by atoms with van der Waals surface area (Å²) in [5.74, 6) is 1.13. The minimum absolute atomic E-state index is 0.0424. The van der Waals surface area contributed by atoms with Crippen LogP contribution in [0.3, 0.4) is 0 Å². The molecular formula is C19H16N6O4. The number of nitrogens with zero attached hydrogens (tertiary/aromatic N) is 4. The molecule has 10 nitrogen and oxygen atoms in total. The van der Waals surface area contributed by atoms with Gasteiger partial charge in [-0.25, -0.2) is 4.68 Å². The molecule has 2 aliphatic heterocycles. The third kappa shape index (κ3) is 3.24. The summed E-state index contributed by atoms with van der Waals surface area (Å²) in [6.07, 6.45) is 3.22. The fraction of sp³-hybridized carbons (Fsp3) is 0.211. The second-order valence-electron chi connectivity index (χ2n) is 6.56. The predicted octanol–water partition coefficient (Wildman–Crippen LogP) is 1.63. The van der Waals surface area contributed by atoms with Gasteiger partial charge in [-0.1, -0.05) is 0 Å². The van der Waals surface area contributed by atoms with Gasteiger partial charge in [-0.2, -0.15) is 4.98 Å². The molecule has 0 saturated heterocycles. The van der Waals surface area contributed by atoms with Gasteiger partial charge in [0.2, 0.25) is 17.8 Å². The van der Waals surface area contributed by atoms with Crippen molar-refractivity contribution in [3.8, 4) is 22.9 Å². The maximum absolute atomic E-state index is 12.9. The van der Waals surface area contributed by atoms with Crippen molar-refractivity contribution < 1.29 is 19.1 Å². The molecule has 0 saturated carbocycles. The Hall–Kier alpha value is -3.95. The molecule has 2 N–H and O–H groups in total. The number of nitrogens with one attached hydrogen (secondary N) is 2. The van der Waals surface area contributed by atoms with Crippen LogP contribution in [-0.2, 0) is 9.59 Å². The van der Waals surface area contributed by atoms with Gasteiger partial charge in [0.15, 0.2) is 17.3 Å². The van der Waals surface area contributed by atoms with Gasteiger partial charge in [-0.3, -0.25) is 19.9 Å². The fourth-order valence-electron chi connectivity index (χ4n) is 3.23. The number of carbonyl (C=O) groups is 2. The van der Waals surface area contributed by atoms with Crippen LogP contribution in [0.1, 0.15) is 12.5 Å². The van der Waals surface area contributed by atoms with E-state index in [0.29, 0.717) is 41.8 Å². The lowest BCUT2D eigenvalue weighted by Gasteiger charge is -2.23. The van der Waals surface area contributed by atoms with E-state index in [9.17, 15) is 9.59 Å². The Morgan fingerprint density at radius 2 is 2.07 bits per heavy atom. The SMILES string of the molecule is O=C1C[C@@H](C(=O)Nc2ccc3c(c2)OCCO3)n2nc(-c3cccnc3)nc2N1. The molecule has 3 aromatic rings. The summed E-state index contributed by atoms with van der Waals surface area (Å²) in [5.41, 5.74) is 1.23. The molecule has 1 atom stereocenters. The van der Waals surface area contributed by atoms with Crippen molar-refractivity contribution >= 4 is 23.5 Å². The Kier molecular flexibility index (Phi) is 4.08. The quantitative estimate of drug-likeness (QED) is 0.695. The molecule has 2 aliphatic rings. The molecule has 10 heteroatoms. The van der Waals surface area contributed by atoms with Crippen LogP contribution in [0.5, 0.6) is 11.5 Å². The number of hydrogen-bond donors (Lipinski definition) is 2. The Balaban J connectivity index is 1.42. The average molecular weight is 392 g/mol. The third-order valence-corrected chi connectivity index (χ3v) is 4.59. The van der Waals surface area contributed by atoms with Crippen molar-refractivity contribution in [2.75, 3.05) is 23.8 Å². The summed E-state index contributed by atoms with van der Waals surface area (Å²) in [4.78, 5) is 33.4. The second kappa shape index (κ2) is 6.89. The Labute approximate surface area is 164 Å². The largest absolute Gasteiger partial charge is 0.486 e. The summed E-state index contributed by atoms with van der Waals surface area (Å²) in [6, 6.07) is 7.89. The Bertz CT molecular complexity index is 1100. The minimum atomic E-state index is -0.829. The number of anilines is 2. The van der Waals surface area contributed by atoms with E-state index >= 15 is 0 Å². The number of fused-ring (bicyclic) bond motifs is 2. The molecule has 2 amide bonds. The van der Waals surface area contributed by atoms with Crippen molar-refractivity contribution in [2.24, 2.45) is 0 Å². The summed E-state index contributed by atoms with van der Waals surface area (Å²) < 4.78 is 12.5. The first-order chi connectivity index (χ1) is 14.2. The van der Waals surface area contributed by atoms with Crippen LogP contribution in [0.2, 0.25) is 0 Å². The van der Waals surface area contributed by atoms with E-state index < -0.39 is 6.04 Å². The maximum Gasteiger partial charge on any atom is 0.249 e. The van der Waals surface area contributed by atoms with E-state index in [-0.39, 0.29) is 24.2 Å². The topological polar surface area (TPSA) is 120 Å². The highest BCUT2D eigenvalue weighted by Crippen LogP contribution is 2.33. The van der Waals surface area contributed by atoms with E-state index in [1.807, 2.05) is 0 Å². The second-order valence-corrected chi connectivity index (χ2v) is 6.56. The van der Waals surface area contributed by atoms with Crippen LogP contribution < -0.4 is 20.1 Å². The molecule has 0 aliphatic carbocycles. The number of ether oxygens (including phenoxy) is 2. The smallest absolute Gasteiger partial charge is 0.249 e. The first kappa shape index (κ1) is 17.2. The molecule has 0 spiro atoms. The van der Waals surface area contributed by atoms with Gasteiger partial charge in [0.1, 0.15) is 19.3 Å². The number of aromatic nitrogens is 4. The summed E-state index contributed by atoms with van der Waals surface area (Å²) in [5, 5.41) is 9.89. The zero-order chi connectivity index (χ0) is 19.8. The van der Waals surface area contributed by atoms with Crippen LogP contribution in [0.4, 0.5) is 11.6 Å². The predicted molar refractivity (Wildman–Crippen MR) is 102 cm³/mol. The van der Waals surface area contributed by atoms with Gasteiger partial charge in [-0.15, -0.1) is 5.10 Å². The highest BCUT2D eigenvalue weighted by molar-refractivity contribution is 6.01. The molecular weight excluding hydrogens is 376 g/mol. The van der Waals surface area contributed by atoms with Gasteiger partial charge < -0.3 is 14.8 Å². The minimum Gasteiger partial charge on any atom is -0.486 e. The highest BCUT2D eigenvalue weighted by atomic mass is 16.6. The van der Waals surface area contributed by atoms with Crippen molar-refractivity contribution in [1.82, 2.24) is 19.7 Å². The number of hydrogen-bond acceptors (Lipinski definition) is 7. The summed E-state index contributed by atoms with van der Waals surface area (Å²) in [6.45, 7) is 0.941. The monoisotopic (exact) mass is 392 g/mol. The normalized spacial score (nSPS) is 17.2. The van der Waals surface area contributed by atoms with Crippen molar-refractivity contribution in [3.63, 3.8) is 0 Å². The number of pyridine rings is 1. The molecule has 0 unspecified atom stereocenters. The van der Waals surface area contributed by atoms with Gasteiger partial charge in [0, 0.05) is 29.7 Å². The van der Waals surface area contributed by atoms with Crippen molar-refractivity contribution in [3.05, 3.63) is 42.7 Å². The highest BCUT2D eigenvalue weighted by Gasteiger charge is 2.33. The molecule has 146 valence electrons. The standard InChI is InChI=1S/C19H16N6O4/c26-16-9-13(18(27)21-12-3-4-14-15(8-12)29-7-6-28-14)25-19(22-16)23-17(24-25)11-2-1-5-20-10-11/h1-5,8,10,13H,6-7,9H2,(H,21,27)(H,22,23,24,26)/t13-/m0/s1. The van der Waals surface area contributed by atoms with E-state index in [1.165, 1.54) is 4.68 Å². The van der Waals surface area contributed by atoms with Crippen LogP contribution in [0.15, 0.2) is 42.7 Å².